The van der Waals surface area contributed by atoms with Crippen molar-refractivity contribution in [2.45, 2.75) is 6.92 Å². The van der Waals surface area contributed by atoms with E-state index in [1.807, 2.05) is 19.1 Å². The number of phenols is 1. The van der Waals surface area contributed by atoms with Gasteiger partial charge in [-0.1, -0.05) is 6.07 Å². The van der Waals surface area contributed by atoms with E-state index in [-0.39, 0.29) is 11.4 Å². The Bertz CT molecular complexity index is 1150. The van der Waals surface area contributed by atoms with E-state index in [1.54, 1.807) is 25.3 Å². The van der Waals surface area contributed by atoms with Crippen LogP contribution in [-0.4, -0.2) is 28.1 Å². The normalized spacial score (nSPS) is 11.4. The number of carbonyl (C=O) groups excluding carboxylic acids is 1. The summed E-state index contributed by atoms with van der Waals surface area (Å²) in [6.07, 6.45) is 0. The van der Waals surface area contributed by atoms with Gasteiger partial charge in [0, 0.05) is 16.2 Å². The van der Waals surface area contributed by atoms with Crippen molar-refractivity contribution < 1.29 is 14.6 Å². The fourth-order valence-corrected chi connectivity index (χ4v) is 3.20. The van der Waals surface area contributed by atoms with E-state index in [4.69, 9.17) is 10.5 Å². The first-order chi connectivity index (χ1) is 11.5. The number of methoxy groups -OCH3 is 1. The lowest BCUT2D eigenvalue weighted by Crippen LogP contribution is -2.13. The van der Waals surface area contributed by atoms with Crippen LogP contribution in [0.5, 0.6) is 11.5 Å². The summed E-state index contributed by atoms with van der Waals surface area (Å²) >= 11 is 0. The van der Waals surface area contributed by atoms with Crippen LogP contribution < -0.4 is 10.5 Å². The van der Waals surface area contributed by atoms with Gasteiger partial charge in [0.2, 0.25) is 0 Å². The number of benzene rings is 2. The monoisotopic (exact) mass is 321 g/mol. The summed E-state index contributed by atoms with van der Waals surface area (Å²) in [5, 5.41) is 12.7. The molecule has 4 N–H and O–H groups in total. The van der Waals surface area contributed by atoms with Crippen molar-refractivity contribution in [1.29, 1.82) is 0 Å². The van der Waals surface area contributed by atoms with E-state index in [2.05, 4.69) is 9.97 Å². The van der Waals surface area contributed by atoms with Crippen LogP contribution in [0.1, 0.15) is 16.1 Å². The van der Waals surface area contributed by atoms with Crippen LogP contribution in [0.2, 0.25) is 0 Å². The molecule has 6 heteroatoms. The molecule has 2 aromatic heterocycles. The number of carbonyl (C=O) groups is 1. The van der Waals surface area contributed by atoms with Gasteiger partial charge in [0.15, 0.2) is 5.69 Å². The van der Waals surface area contributed by atoms with Crippen molar-refractivity contribution >= 4 is 38.6 Å². The Morgan fingerprint density at radius 1 is 1.21 bits per heavy atom. The topological polar surface area (TPSA) is 101 Å². The molecule has 4 rings (SSSR count). The van der Waals surface area contributed by atoms with Gasteiger partial charge in [-0.05, 0) is 36.8 Å². The van der Waals surface area contributed by atoms with Gasteiger partial charge < -0.3 is 20.6 Å². The summed E-state index contributed by atoms with van der Waals surface area (Å²) < 4.78 is 5.31. The Balaban J connectivity index is 2.35. The van der Waals surface area contributed by atoms with Gasteiger partial charge in [-0.25, -0.2) is 4.98 Å². The number of nitrogens with two attached hydrogens (primary N) is 1. The molecule has 4 aromatic rings. The first kappa shape index (κ1) is 14.3. The molecule has 0 saturated carbocycles. The Morgan fingerprint density at radius 2 is 2.00 bits per heavy atom. The molecule has 0 spiro atoms. The highest BCUT2D eigenvalue weighted by Crippen LogP contribution is 2.39. The highest BCUT2D eigenvalue weighted by molar-refractivity contribution is 6.25. The van der Waals surface area contributed by atoms with Crippen molar-refractivity contribution in [3.05, 3.63) is 41.6 Å². The maximum Gasteiger partial charge on any atom is 0.269 e. The molecule has 0 bridgehead atoms. The standard InChI is InChI=1S/C18H15N3O3/c1-8-3-6-12(22)15-13(8)14-10-7-9(24-2)4-5-11(10)20-17(18(19)23)16(14)21-15/h3-7,21-22H,1-2H3,(H2,19,23). The second-order valence-corrected chi connectivity index (χ2v) is 5.73. The van der Waals surface area contributed by atoms with Crippen LogP contribution in [-0.2, 0) is 0 Å². The van der Waals surface area contributed by atoms with Gasteiger partial charge in [-0.15, -0.1) is 0 Å². The second-order valence-electron chi connectivity index (χ2n) is 5.73. The Kier molecular flexibility index (Phi) is 2.90. The molecular formula is C18H15N3O3. The summed E-state index contributed by atoms with van der Waals surface area (Å²) in [7, 11) is 1.59. The number of nitrogens with zero attached hydrogens (tertiary/aromatic N) is 1. The number of aromatic nitrogens is 2. The predicted molar refractivity (Wildman–Crippen MR) is 92.6 cm³/mol. The van der Waals surface area contributed by atoms with Crippen LogP contribution in [0.25, 0.3) is 32.7 Å². The van der Waals surface area contributed by atoms with Gasteiger partial charge in [0.05, 0.1) is 23.7 Å². The molecule has 0 atom stereocenters. The minimum atomic E-state index is -0.624. The van der Waals surface area contributed by atoms with Crippen LogP contribution in [0, 0.1) is 6.92 Å². The number of fused-ring (bicyclic) bond motifs is 5. The lowest BCUT2D eigenvalue weighted by Gasteiger charge is -2.07. The number of amides is 1. The summed E-state index contributed by atoms with van der Waals surface area (Å²) in [5.74, 6) is 0.171. The molecule has 0 radical (unpaired) electrons. The first-order valence-corrected chi connectivity index (χ1v) is 7.42. The third-order valence-electron chi connectivity index (χ3n) is 4.32. The molecular weight excluding hydrogens is 306 g/mol. The third-order valence-corrected chi connectivity index (χ3v) is 4.32. The third kappa shape index (κ3) is 1.83. The molecule has 1 amide bonds. The minimum Gasteiger partial charge on any atom is -0.506 e. The number of aryl methyl sites for hydroxylation is 1. The average molecular weight is 321 g/mol. The fourth-order valence-electron chi connectivity index (χ4n) is 3.20. The number of aromatic hydroxyl groups is 1. The second kappa shape index (κ2) is 4.86. The quantitative estimate of drug-likeness (QED) is 0.528. The predicted octanol–water partition coefficient (Wildman–Crippen LogP) is 2.99. The van der Waals surface area contributed by atoms with Gasteiger partial charge in [0.1, 0.15) is 11.5 Å². The maximum absolute atomic E-state index is 11.9. The Labute approximate surface area is 136 Å². The highest BCUT2D eigenvalue weighted by atomic mass is 16.5. The van der Waals surface area contributed by atoms with E-state index < -0.39 is 5.91 Å². The molecule has 2 aromatic carbocycles. The molecule has 0 saturated heterocycles. The molecule has 6 nitrogen and oxygen atoms in total. The number of hydrogen-bond acceptors (Lipinski definition) is 4. The smallest absolute Gasteiger partial charge is 0.269 e. The van der Waals surface area contributed by atoms with Crippen LogP contribution in [0.3, 0.4) is 0 Å². The number of nitrogens with one attached hydrogen (secondary N) is 1. The summed E-state index contributed by atoms with van der Waals surface area (Å²) in [4.78, 5) is 19.4. The van der Waals surface area contributed by atoms with Crippen molar-refractivity contribution in [2.24, 2.45) is 5.73 Å². The zero-order valence-corrected chi connectivity index (χ0v) is 13.2. The van der Waals surface area contributed by atoms with E-state index >= 15 is 0 Å². The molecule has 24 heavy (non-hydrogen) atoms. The number of ether oxygens (including phenoxy) is 1. The van der Waals surface area contributed by atoms with Crippen molar-refractivity contribution in [3.8, 4) is 11.5 Å². The van der Waals surface area contributed by atoms with Crippen LogP contribution in [0.15, 0.2) is 30.3 Å². The average Bonchev–Trinajstić information content (AvgIpc) is 2.98. The number of H-pyrrole nitrogens is 1. The van der Waals surface area contributed by atoms with E-state index in [9.17, 15) is 9.90 Å². The lowest BCUT2D eigenvalue weighted by atomic mass is 10.0. The van der Waals surface area contributed by atoms with Crippen molar-refractivity contribution in [2.75, 3.05) is 7.11 Å². The fraction of sp³-hybridized carbons (Fsp3) is 0.111. The van der Waals surface area contributed by atoms with Crippen LogP contribution >= 0.6 is 0 Å². The SMILES string of the molecule is COc1ccc2nc(C(N)=O)c3[nH]c4c(O)ccc(C)c4c3c2c1. The zero-order chi connectivity index (χ0) is 17.0. The van der Waals surface area contributed by atoms with Gasteiger partial charge in [-0.3, -0.25) is 4.79 Å². The van der Waals surface area contributed by atoms with E-state index in [0.717, 1.165) is 21.7 Å². The molecule has 0 aliphatic heterocycles. The number of phenolic OH excluding ortho intramolecular Hbond substituents is 1. The molecule has 0 fully saturated rings. The summed E-state index contributed by atoms with van der Waals surface area (Å²) in [6, 6.07) is 8.89. The molecule has 0 aliphatic rings. The molecule has 0 aliphatic carbocycles. The number of aromatic amines is 1. The Morgan fingerprint density at radius 3 is 2.71 bits per heavy atom. The van der Waals surface area contributed by atoms with E-state index in [0.29, 0.717) is 22.3 Å². The molecule has 2 heterocycles. The minimum absolute atomic E-state index is 0.110. The summed E-state index contributed by atoms with van der Waals surface area (Å²) in [5.41, 5.74) is 8.35. The van der Waals surface area contributed by atoms with Gasteiger partial charge in [0.25, 0.3) is 5.91 Å². The largest absolute Gasteiger partial charge is 0.506 e. The molecule has 120 valence electrons. The van der Waals surface area contributed by atoms with Gasteiger partial charge in [-0.2, -0.15) is 0 Å². The number of primary amides is 1. The lowest BCUT2D eigenvalue weighted by molar-refractivity contribution is 0.0997. The molecule has 0 unspecified atom stereocenters. The van der Waals surface area contributed by atoms with Gasteiger partial charge >= 0.3 is 0 Å². The highest BCUT2D eigenvalue weighted by Gasteiger charge is 2.20. The van der Waals surface area contributed by atoms with E-state index in [1.165, 1.54) is 0 Å². The van der Waals surface area contributed by atoms with Crippen LogP contribution in [0.4, 0.5) is 0 Å². The maximum atomic E-state index is 11.9. The first-order valence-electron chi connectivity index (χ1n) is 7.42. The van der Waals surface area contributed by atoms with Crippen molar-refractivity contribution in [3.63, 3.8) is 0 Å². The number of pyridine rings is 1. The number of rotatable bonds is 2. The summed E-state index contributed by atoms with van der Waals surface area (Å²) in [6.45, 7) is 1.95. The Hall–Kier alpha value is -3.28. The van der Waals surface area contributed by atoms with Crippen molar-refractivity contribution in [1.82, 2.24) is 9.97 Å². The number of hydrogen-bond donors (Lipinski definition) is 3. The zero-order valence-electron chi connectivity index (χ0n) is 13.2.